The maximum absolute atomic E-state index is 10.6. The van der Waals surface area contributed by atoms with Gasteiger partial charge in [-0.15, -0.1) is 0 Å². The highest BCUT2D eigenvalue weighted by Gasteiger charge is 2.22. The zero-order valence-electron chi connectivity index (χ0n) is 7.33. The van der Waals surface area contributed by atoms with Crippen LogP contribution in [0.1, 0.15) is 38.5 Å². The second-order valence-electron chi connectivity index (χ2n) is 3.56. The molecule has 1 aliphatic carbocycles. The third kappa shape index (κ3) is 2.34. The zero-order valence-corrected chi connectivity index (χ0v) is 7.33. The predicted octanol–water partition coefficient (Wildman–Crippen LogP) is 2.30. The molecule has 0 saturated heterocycles. The number of carbonyl (C=O) groups is 1. The zero-order chi connectivity index (χ0) is 8.81. The largest absolute Gasteiger partial charge is 0.303 e. The van der Waals surface area contributed by atoms with Gasteiger partial charge in [-0.05, 0) is 18.8 Å². The van der Waals surface area contributed by atoms with E-state index in [0.717, 1.165) is 19.1 Å². The van der Waals surface area contributed by atoms with Crippen molar-refractivity contribution in [2.24, 2.45) is 11.8 Å². The highest BCUT2D eigenvalue weighted by Crippen LogP contribution is 2.30. The molecule has 0 unspecified atom stereocenters. The molecule has 0 radical (unpaired) electrons. The van der Waals surface area contributed by atoms with E-state index in [1.807, 2.05) is 0 Å². The van der Waals surface area contributed by atoms with Crippen molar-refractivity contribution in [2.45, 2.75) is 38.5 Å². The fourth-order valence-electron chi connectivity index (χ4n) is 1.99. The molecule has 66 valence electrons. The van der Waals surface area contributed by atoms with E-state index in [9.17, 15) is 4.79 Å². The van der Waals surface area contributed by atoms with Gasteiger partial charge in [-0.2, -0.15) is 5.26 Å². The summed E-state index contributed by atoms with van der Waals surface area (Å²) < 4.78 is 0. The van der Waals surface area contributed by atoms with Gasteiger partial charge < -0.3 is 4.79 Å². The average molecular weight is 165 g/mol. The normalized spacial score (nSPS) is 21.2. The van der Waals surface area contributed by atoms with Crippen LogP contribution in [0.5, 0.6) is 0 Å². The number of hydrogen-bond donors (Lipinski definition) is 0. The molecule has 2 nitrogen and oxygen atoms in total. The van der Waals surface area contributed by atoms with Crippen molar-refractivity contribution in [3.8, 4) is 6.07 Å². The maximum atomic E-state index is 10.6. The number of nitrogens with zero attached hydrogens (tertiary/aromatic N) is 1. The lowest BCUT2D eigenvalue weighted by Gasteiger charge is -2.24. The van der Waals surface area contributed by atoms with E-state index in [4.69, 9.17) is 5.26 Å². The summed E-state index contributed by atoms with van der Waals surface area (Å²) in [5, 5.41) is 8.49. The second-order valence-corrected chi connectivity index (χ2v) is 3.56. The Morgan fingerprint density at radius 2 is 2.08 bits per heavy atom. The molecule has 0 N–H and O–H groups in total. The van der Waals surface area contributed by atoms with Gasteiger partial charge in [0.15, 0.2) is 0 Å². The second kappa shape index (κ2) is 4.92. The summed E-state index contributed by atoms with van der Waals surface area (Å²) in [7, 11) is 0. The Morgan fingerprint density at radius 3 is 2.58 bits per heavy atom. The maximum Gasteiger partial charge on any atom is 0.124 e. The van der Waals surface area contributed by atoms with Crippen LogP contribution in [0, 0.1) is 23.2 Å². The molecule has 0 aliphatic heterocycles. The summed E-state index contributed by atoms with van der Waals surface area (Å²) in [5.41, 5.74) is 0. The molecular formula is C10H15NO. The molecule has 1 saturated carbocycles. The molecule has 0 aromatic heterocycles. The first-order valence-corrected chi connectivity index (χ1v) is 4.70. The van der Waals surface area contributed by atoms with Crippen molar-refractivity contribution in [1.82, 2.24) is 0 Å². The van der Waals surface area contributed by atoms with Crippen molar-refractivity contribution >= 4 is 6.29 Å². The number of rotatable bonds is 3. The quantitative estimate of drug-likeness (QED) is 0.602. The molecule has 0 aromatic rings. The standard InChI is InChI=1S/C10H15NO/c11-7-6-10(8-12)9-4-2-1-3-5-9/h8-10H,1-6H2/t10-/m0/s1. The molecule has 0 aromatic carbocycles. The molecule has 1 atom stereocenters. The van der Waals surface area contributed by atoms with Crippen molar-refractivity contribution in [3.63, 3.8) is 0 Å². The first-order valence-electron chi connectivity index (χ1n) is 4.70. The smallest absolute Gasteiger partial charge is 0.124 e. The van der Waals surface area contributed by atoms with Gasteiger partial charge in [0, 0.05) is 12.3 Å². The molecule has 2 heteroatoms. The molecule has 0 heterocycles. The van der Waals surface area contributed by atoms with E-state index < -0.39 is 0 Å². The molecule has 1 rings (SSSR count). The van der Waals surface area contributed by atoms with E-state index >= 15 is 0 Å². The van der Waals surface area contributed by atoms with Crippen molar-refractivity contribution in [1.29, 1.82) is 5.26 Å². The Bertz CT molecular complexity index is 177. The van der Waals surface area contributed by atoms with Crippen LogP contribution in [0.4, 0.5) is 0 Å². The Balaban J connectivity index is 2.41. The molecule has 0 spiro atoms. The Morgan fingerprint density at radius 1 is 1.42 bits per heavy atom. The molecule has 1 aliphatic rings. The molecular weight excluding hydrogens is 150 g/mol. The summed E-state index contributed by atoms with van der Waals surface area (Å²) in [4.78, 5) is 10.6. The van der Waals surface area contributed by atoms with E-state index in [-0.39, 0.29) is 5.92 Å². The third-order valence-electron chi connectivity index (χ3n) is 2.76. The van der Waals surface area contributed by atoms with Crippen LogP contribution in [0.2, 0.25) is 0 Å². The van der Waals surface area contributed by atoms with Gasteiger partial charge in [0.1, 0.15) is 6.29 Å². The monoisotopic (exact) mass is 165 g/mol. The molecule has 0 amide bonds. The average Bonchev–Trinajstić information content (AvgIpc) is 2.15. The van der Waals surface area contributed by atoms with Crippen LogP contribution in [0.15, 0.2) is 0 Å². The summed E-state index contributed by atoms with van der Waals surface area (Å²) >= 11 is 0. The molecule has 0 bridgehead atoms. The Hall–Kier alpha value is -0.840. The number of carbonyl (C=O) groups excluding carboxylic acids is 1. The summed E-state index contributed by atoms with van der Waals surface area (Å²) in [6.07, 6.45) is 7.44. The van der Waals surface area contributed by atoms with Crippen LogP contribution in [-0.4, -0.2) is 6.29 Å². The highest BCUT2D eigenvalue weighted by atomic mass is 16.1. The van der Waals surface area contributed by atoms with Crippen LogP contribution in [-0.2, 0) is 4.79 Å². The van der Waals surface area contributed by atoms with Crippen molar-refractivity contribution in [3.05, 3.63) is 0 Å². The SMILES string of the molecule is N#CC[C@@H](C=O)C1CCCCC1. The third-order valence-corrected chi connectivity index (χ3v) is 2.76. The van der Waals surface area contributed by atoms with Gasteiger partial charge in [-0.3, -0.25) is 0 Å². The summed E-state index contributed by atoms with van der Waals surface area (Å²) in [6, 6.07) is 2.08. The van der Waals surface area contributed by atoms with Crippen LogP contribution >= 0.6 is 0 Å². The fraction of sp³-hybridized carbons (Fsp3) is 0.800. The van der Waals surface area contributed by atoms with Crippen molar-refractivity contribution < 1.29 is 4.79 Å². The van der Waals surface area contributed by atoms with Gasteiger partial charge in [0.2, 0.25) is 0 Å². The predicted molar refractivity (Wildman–Crippen MR) is 46.4 cm³/mol. The number of aldehydes is 1. The Labute approximate surface area is 73.6 Å². The van der Waals surface area contributed by atoms with Crippen LogP contribution < -0.4 is 0 Å². The van der Waals surface area contributed by atoms with E-state index in [1.54, 1.807) is 0 Å². The number of hydrogen-bond acceptors (Lipinski definition) is 2. The van der Waals surface area contributed by atoms with E-state index in [2.05, 4.69) is 6.07 Å². The summed E-state index contributed by atoms with van der Waals surface area (Å²) in [5.74, 6) is 0.506. The minimum Gasteiger partial charge on any atom is -0.303 e. The number of nitriles is 1. The molecule has 1 fully saturated rings. The lowest BCUT2D eigenvalue weighted by atomic mass is 9.79. The highest BCUT2D eigenvalue weighted by molar-refractivity contribution is 5.54. The summed E-state index contributed by atoms with van der Waals surface area (Å²) in [6.45, 7) is 0. The van der Waals surface area contributed by atoms with Crippen LogP contribution in [0.25, 0.3) is 0 Å². The minimum absolute atomic E-state index is 0.00954. The first kappa shape index (κ1) is 9.25. The van der Waals surface area contributed by atoms with Gasteiger partial charge in [0.05, 0.1) is 6.07 Å². The van der Waals surface area contributed by atoms with Crippen molar-refractivity contribution in [2.75, 3.05) is 0 Å². The van der Waals surface area contributed by atoms with E-state index in [0.29, 0.717) is 12.3 Å². The molecule has 12 heavy (non-hydrogen) atoms. The van der Waals surface area contributed by atoms with Crippen LogP contribution in [0.3, 0.4) is 0 Å². The van der Waals surface area contributed by atoms with Gasteiger partial charge >= 0.3 is 0 Å². The lowest BCUT2D eigenvalue weighted by molar-refractivity contribution is -0.112. The Kier molecular flexibility index (Phi) is 3.79. The fourth-order valence-corrected chi connectivity index (χ4v) is 1.99. The minimum atomic E-state index is 0.00954. The van der Waals surface area contributed by atoms with Gasteiger partial charge in [-0.25, -0.2) is 0 Å². The topological polar surface area (TPSA) is 40.9 Å². The van der Waals surface area contributed by atoms with Gasteiger partial charge in [0.25, 0.3) is 0 Å². The lowest BCUT2D eigenvalue weighted by Crippen LogP contribution is -2.18. The van der Waals surface area contributed by atoms with E-state index in [1.165, 1.54) is 19.3 Å². The first-order chi connectivity index (χ1) is 5.88. The van der Waals surface area contributed by atoms with Gasteiger partial charge in [-0.1, -0.05) is 19.3 Å².